The zero-order valence-corrected chi connectivity index (χ0v) is 22.7. The molecule has 0 aliphatic carbocycles. The average Bonchev–Trinajstić information content (AvgIpc) is 3.45. The molecule has 0 radical (unpaired) electrons. The van der Waals surface area contributed by atoms with Crippen LogP contribution in [0.25, 0.3) is 21.4 Å². The van der Waals surface area contributed by atoms with E-state index < -0.39 is 21.8 Å². The molecule has 0 saturated carbocycles. The minimum atomic E-state index is -3.97. The van der Waals surface area contributed by atoms with E-state index in [9.17, 15) is 17.6 Å². The number of ether oxygens (including phenoxy) is 1. The predicted molar refractivity (Wildman–Crippen MR) is 148 cm³/mol. The summed E-state index contributed by atoms with van der Waals surface area (Å²) in [6.45, 7) is 11.2. The molecule has 0 spiro atoms. The van der Waals surface area contributed by atoms with Crippen LogP contribution in [0, 0.1) is 12.4 Å². The Balaban J connectivity index is 1.49. The van der Waals surface area contributed by atoms with E-state index >= 15 is 0 Å². The lowest BCUT2D eigenvalue weighted by Gasteiger charge is -2.22. The van der Waals surface area contributed by atoms with E-state index in [1.165, 1.54) is 30.1 Å². The summed E-state index contributed by atoms with van der Waals surface area (Å²) in [5.74, 6) is -1.27. The highest BCUT2D eigenvalue weighted by molar-refractivity contribution is 7.90. The van der Waals surface area contributed by atoms with Gasteiger partial charge >= 0.3 is 0 Å². The molecule has 2 aromatic carbocycles. The Morgan fingerprint density at radius 3 is 2.77 bits per heavy atom. The quantitative estimate of drug-likeness (QED) is 0.312. The van der Waals surface area contributed by atoms with Gasteiger partial charge in [0, 0.05) is 19.8 Å². The molecule has 208 valence electrons. The highest BCUT2D eigenvalue weighted by Crippen LogP contribution is 2.41. The molecule has 5 rings (SSSR count). The third-order valence-corrected chi connectivity index (χ3v) is 8.34. The van der Waals surface area contributed by atoms with Crippen molar-refractivity contribution in [3.63, 3.8) is 0 Å². The zero-order valence-electron chi connectivity index (χ0n) is 21.8. The van der Waals surface area contributed by atoms with E-state index in [1.807, 2.05) is 10.9 Å². The second-order valence-corrected chi connectivity index (χ2v) is 11.0. The van der Waals surface area contributed by atoms with E-state index in [2.05, 4.69) is 25.0 Å². The molecule has 1 fully saturated rings. The smallest absolute Gasteiger partial charge is 0.300 e. The van der Waals surface area contributed by atoms with Gasteiger partial charge in [-0.25, -0.2) is 14.2 Å². The van der Waals surface area contributed by atoms with Crippen LogP contribution < -0.4 is 20.3 Å². The number of nitrogens with one attached hydrogen (secondary N) is 2. The molecule has 0 bridgehead atoms. The Bertz CT molecular complexity index is 1770. The maximum atomic E-state index is 14.8. The fourth-order valence-corrected chi connectivity index (χ4v) is 5.35. The van der Waals surface area contributed by atoms with Gasteiger partial charge in [0.25, 0.3) is 21.5 Å². The van der Waals surface area contributed by atoms with E-state index in [-0.39, 0.29) is 40.7 Å². The van der Waals surface area contributed by atoms with Gasteiger partial charge in [0.15, 0.2) is 11.6 Å². The maximum Gasteiger partial charge on any atom is 0.300 e. The maximum absolute atomic E-state index is 14.8. The summed E-state index contributed by atoms with van der Waals surface area (Å²) in [5, 5.41) is 7.97. The van der Waals surface area contributed by atoms with Gasteiger partial charge < -0.3 is 10.1 Å². The molecule has 3 heterocycles. The number of hydrogen-bond acceptors (Lipinski definition) is 7. The zero-order chi connectivity index (χ0) is 28.4. The van der Waals surface area contributed by atoms with Crippen molar-refractivity contribution in [2.45, 2.75) is 25.8 Å². The molecule has 0 unspecified atom stereocenters. The van der Waals surface area contributed by atoms with Crippen molar-refractivity contribution in [2.24, 2.45) is 0 Å². The van der Waals surface area contributed by atoms with Crippen molar-refractivity contribution in [2.75, 3.05) is 31.4 Å². The standard InChI is InChI=1S/C26H27FN8O4S/c1-4-33(3)40(37,38)32-23-8-6-21(27)25(24(23)28-2)39-19-5-7-22-20(13-19)26(36)34(16-30-22)18-14-31-35(15-18)17-9-11-29-12-10-17/h5-8,13-17,29,32H,4,9-12H2,1,3H3. The number of halogens is 1. The van der Waals surface area contributed by atoms with Gasteiger partial charge in [0.2, 0.25) is 0 Å². The number of anilines is 1. The number of piperidine rings is 1. The summed E-state index contributed by atoms with van der Waals surface area (Å²) in [6, 6.07) is 6.85. The van der Waals surface area contributed by atoms with E-state index in [1.54, 1.807) is 19.2 Å². The van der Waals surface area contributed by atoms with E-state index in [0.29, 0.717) is 11.2 Å². The Labute approximate surface area is 230 Å². The Kier molecular flexibility index (Phi) is 7.53. The molecule has 1 aliphatic heterocycles. The molecule has 40 heavy (non-hydrogen) atoms. The van der Waals surface area contributed by atoms with Gasteiger partial charge in [-0.1, -0.05) is 6.92 Å². The number of hydrogen-bond donors (Lipinski definition) is 2. The number of nitrogens with zero attached hydrogens (tertiary/aromatic N) is 6. The van der Waals surface area contributed by atoms with Crippen molar-refractivity contribution >= 4 is 32.5 Å². The molecule has 14 heteroatoms. The summed E-state index contributed by atoms with van der Waals surface area (Å²) in [7, 11) is -2.60. The minimum Gasteiger partial charge on any atom is -0.465 e. The number of fused-ring (bicyclic) bond motifs is 1. The topological polar surface area (TPSA) is 128 Å². The molecule has 1 saturated heterocycles. The molecular formula is C26H27FN8O4S. The molecule has 0 amide bonds. The van der Waals surface area contributed by atoms with Crippen LogP contribution >= 0.6 is 0 Å². The van der Waals surface area contributed by atoms with Crippen molar-refractivity contribution in [1.82, 2.24) is 29.0 Å². The van der Waals surface area contributed by atoms with Crippen LogP contribution in [0.2, 0.25) is 0 Å². The van der Waals surface area contributed by atoms with Gasteiger partial charge in [-0.3, -0.25) is 18.8 Å². The first-order valence-corrected chi connectivity index (χ1v) is 14.0. The fourth-order valence-electron chi connectivity index (χ4n) is 4.41. The van der Waals surface area contributed by atoms with Crippen LogP contribution in [0.15, 0.2) is 53.8 Å². The van der Waals surface area contributed by atoms with Crippen LogP contribution in [-0.4, -0.2) is 58.7 Å². The highest BCUT2D eigenvalue weighted by atomic mass is 32.2. The van der Waals surface area contributed by atoms with Gasteiger partial charge in [0.1, 0.15) is 12.1 Å². The molecule has 2 N–H and O–H groups in total. The first-order chi connectivity index (χ1) is 19.2. The molecule has 1 aliphatic rings. The summed E-state index contributed by atoms with van der Waals surface area (Å²) in [4.78, 5) is 21.1. The largest absolute Gasteiger partial charge is 0.465 e. The van der Waals surface area contributed by atoms with Crippen LogP contribution in [0.5, 0.6) is 11.5 Å². The first kappa shape index (κ1) is 27.3. The minimum absolute atomic E-state index is 0.0732. The SMILES string of the molecule is [C-]#[N+]c1c(NS(=O)(=O)N(C)CC)ccc(F)c1Oc1ccc2ncn(-c3cnn(C4CCNCC4)c3)c(=O)c2c1. The molecule has 2 aromatic heterocycles. The van der Waals surface area contributed by atoms with E-state index in [4.69, 9.17) is 11.3 Å². The third-order valence-electron chi connectivity index (χ3n) is 6.79. The first-order valence-electron chi connectivity index (χ1n) is 12.6. The average molecular weight is 567 g/mol. The van der Waals surface area contributed by atoms with Gasteiger partial charge in [-0.05, 0) is 56.3 Å². The Morgan fingerprint density at radius 1 is 1.27 bits per heavy atom. The van der Waals surface area contributed by atoms with Crippen LogP contribution in [0.3, 0.4) is 0 Å². The van der Waals surface area contributed by atoms with Crippen LogP contribution in [0.1, 0.15) is 25.8 Å². The molecular weight excluding hydrogens is 539 g/mol. The van der Waals surface area contributed by atoms with Crippen molar-refractivity contribution in [3.8, 4) is 17.2 Å². The summed E-state index contributed by atoms with van der Waals surface area (Å²) < 4.78 is 52.2. The lowest BCUT2D eigenvalue weighted by Crippen LogP contribution is -2.32. The van der Waals surface area contributed by atoms with Crippen LogP contribution in [-0.2, 0) is 10.2 Å². The highest BCUT2D eigenvalue weighted by Gasteiger charge is 2.23. The van der Waals surface area contributed by atoms with E-state index in [0.717, 1.165) is 42.4 Å². The van der Waals surface area contributed by atoms with Crippen molar-refractivity contribution in [3.05, 3.63) is 76.6 Å². The number of aromatic nitrogens is 4. The summed E-state index contributed by atoms with van der Waals surface area (Å²) in [5.41, 5.74) is 0.0802. The second-order valence-electron chi connectivity index (χ2n) is 9.27. The third kappa shape index (κ3) is 5.26. The molecule has 12 nitrogen and oxygen atoms in total. The lowest BCUT2D eigenvalue weighted by molar-refractivity contribution is 0.343. The molecule has 4 aromatic rings. The Hall–Kier alpha value is -4.32. The normalized spacial score (nSPS) is 14.4. The monoisotopic (exact) mass is 566 g/mol. The lowest BCUT2D eigenvalue weighted by atomic mass is 10.1. The summed E-state index contributed by atoms with van der Waals surface area (Å²) in [6.07, 6.45) is 6.72. The fraction of sp³-hybridized carbons (Fsp3) is 0.308. The van der Waals surface area contributed by atoms with Crippen LogP contribution in [0.4, 0.5) is 15.8 Å². The van der Waals surface area contributed by atoms with Crippen molar-refractivity contribution < 1.29 is 17.5 Å². The van der Waals surface area contributed by atoms with Gasteiger partial charge in [-0.15, -0.1) is 0 Å². The number of rotatable bonds is 8. The Morgan fingerprint density at radius 2 is 2.05 bits per heavy atom. The second kappa shape index (κ2) is 11.0. The number of benzene rings is 2. The van der Waals surface area contributed by atoms with Gasteiger partial charge in [0.05, 0.1) is 41.1 Å². The molecule has 0 atom stereocenters. The predicted octanol–water partition coefficient (Wildman–Crippen LogP) is 3.60. The van der Waals surface area contributed by atoms with Gasteiger partial charge in [-0.2, -0.15) is 17.8 Å². The van der Waals surface area contributed by atoms with Crippen molar-refractivity contribution in [1.29, 1.82) is 0 Å². The summed E-state index contributed by atoms with van der Waals surface area (Å²) >= 11 is 0.